The minimum Gasteiger partial charge on any atom is -0.252 e. The maximum Gasteiger partial charge on any atom is 0.224 e. The van der Waals surface area contributed by atoms with Gasteiger partial charge in [-0.2, -0.15) is 27.5 Å². The van der Waals surface area contributed by atoms with Crippen molar-refractivity contribution >= 4 is 0 Å². The topological polar surface area (TPSA) is 51.6 Å². The third-order valence-electron chi connectivity index (χ3n) is 10.1. The summed E-state index contributed by atoms with van der Waals surface area (Å²) in [5, 5.41) is 0. The van der Waals surface area contributed by atoms with Gasteiger partial charge in [0.05, 0.1) is 33.9 Å². The summed E-state index contributed by atoms with van der Waals surface area (Å²) in [4.78, 5) is 16.7. The first kappa shape index (κ1) is 31.3. The van der Waals surface area contributed by atoms with Crippen LogP contribution in [0.15, 0.2) is 48.5 Å². The lowest BCUT2D eigenvalue weighted by Crippen LogP contribution is -2.25. The predicted octanol–water partition coefficient (Wildman–Crippen LogP) is 9.73. The number of rotatable bonds is 8. The van der Waals surface area contributed by atoms with E-state index < -0.39 is 29.2 Å². The maximum absolute atomic E-state index is 15.0. The Labute approximate surface area is 262 Å². The second kappa shape index (κ2) is 11.9. The van der Waals surface area contributed by atoms with Crippen LogP contribution in [0.3, 0.4) is 0 Å². The summed E-state index contributed by atoms with van der Waals surface area (Å²) in [6, 6.07) is 12.9. The summed E-state index contributed by atoms with van der Waals surface area (Å²) in [5.74, 6) is -3.61. The molecule has 45 heavy (non-hydrogen) atoms. The van der Waals surface area contributed by atoms with Gasteiger partial charge >= 0.3 is 0 Å². The van der Waals surface area contributed by atoms with Crippen molar-refractivity contribution in [1.82, 2.24) is 19.9 Å². The molecule has 4 aromatic heterocycles. The average Bonchev–Trinajstić information content (AvgIpc) is 3.60. The van der Waals surface area contributed by atoms with Crippen LogP contribution in [0, 0.1) is 34.6 Å². The van der Waals surface area contributed by atoms with Crippen LogP contribution in [-0.4, -0.2) is 19.9 Å². The quantitative estimate of drug-likeness (QED) is 0.146. The fourth-order valence-corrected chi connectivity index (χ4v) is 7.43. The van der Waals surface area contributed by atoms with Gasteiger partial charge < -0.3 is 0 Å². The van der Waals surface area contributed by atoms with Crippen LogP contribution >= 0.6 is 0 Å². The molecule has 4 aromatic rings. The minimum atomic E-state index is -0.915. The Bertz CT molecular complexity index is 1600. The molecule has 0 atom stereocenters. The number of pyridine rings is 4. The third kappa shape index (κ3) is 6.66. The monoisotopic (exact) mass is 616 g/mol. The van der Waals surface area contributed by atoms with Crippen molar-refractivity contribution < 1.29 is 17.6 Å². The van der Waals surface area contributed by atoms with E-state index in [1.54, 1.807) is 0 Å². The highest BCUT2D eigenvalue weighted by Gasteiger charge is 2.34. The van der Waals surface area contributed by atoms with Gasteiger partial charge in [-0.25, -0.2) is 0 Å². The van der Waals surface area contributed by atoms with Gasteiger partial charge in [-0.3, -0.25) is 9.97 Å². The SMILES string of the molecule is CC1(Cc2cc(-c3ccc(F)nc3F)nc(C(C)(C)c3cc(CC4(C)CCCC4)cc(-c4ccc(F)nc4F)n3)c2)CCCC1. The van der Waals surface area contributed by atoms with E-state index in [0.717, 1.165) is 61.8 Å². The molecule has 4 heterocycles. The second-order valence-corrected chi connectivity index (χ2v) is 14.5. The number of hydrogen-bond acceptors (Lipinski definition) is 4. The predicted molar refractivity (Wildman–Crippen MR) is 167 cm³/mol. The van der Waals surface area contributed by atoms with Crippen LogP contribution in [0.2, 0.25) is 0 Å². The van der Waals surface area contributed by atoms with Crippen LogP contribution in [-0.2, 0) is 18.3 Å². The Morgan fingerprint density at radius 1 is 0.578 bits per heavy atom. The lowest BCUT2D eigenvalue weighted by atomic mass is 9.78. The number of halogens is 4. The summed E-state index contributed by atoms with van der Waals surface area (Å²) in [5.41, 5.74) is 3.82. The zero-order valence-corrected chi connectivity index (χ0v) is 26.5. The Hall–Kier alpha value is -3.68. The zero-order chi connectivity index (χ0) is 32.0. The molecule has 0 unspecified atom stereocenters. The van der Waals surface area contributed by atoms with Gasteiger partial charge in [0.2, 0.25) is 23.8 Å². The molecule has 0 saturated heterocycles. The zero-order valence-electron chi connectivity index (χ0n) is 26.5. The van der Waals surface area contributed by atoms with Gasteiger partial charge in [0.1, 0.15) is 0 Å². The average molecular weight is 617 g/mol. The van der Waals surface area contributed by atoms with Crippen molar-refractivity contribution in [2.24, 2.45) is 10.8 Å². The fourth-order valence-electron chi connectivity index (χ4n) is 7.43. The maximum atomic E-state index is 15.0. The first-order valence-electron chi connectivity index (χ1n) is 16.0. The van der Waals surface area contributed by atoms with E-state index in [0.29, 0.717) is 22.8 Å². The molecule has 0 aliphatic heterocycles. The normalized spacial score (nSPS) is 17.6. The molecule has 4 nitrogen and oxygen atoms in total. The molecule has 0 N–H and O–H groups in total. The second-order valence-electron chi connectivity index (χ2n) is 14.5. The summed E-state index contributed by atoms with van der Waals surface area (Å²) in [7, 11) is 0. The molecule has 2 aliphatic carbocycles. The largest absolute Gasteiger partial charge is 0.252 e. The van der Waals surface area contributed by atoms with Gasteiger partial charge in [-0.15, -0.1) is 0 Å². The van der Waals surface area contributed by atoms with Crippen molar-refractivity contribution in [2.45, 2.75) is 97.3 Å². The van der Waals surface area contributed by atoms with E-state index in [4.69, 9.17) is 9.97 Å². The Morgan fingerprint density at radius 2 is 0.956 bits per heavy atom. The van der Waals surface area contributed by atoms with E-state index in [1.807, 2.05) is 26.0 Å². The van der Waals surface area contributed by atoms with Crippen molar-refractivity contribution in [3.63, 3.8) is 0 Å². The van der Waals surface area contributed by atoms with Gasteiger partial charge in [0.25, 0.3) is 0 Å². The van der Waals surface area contributed by atoms with Crippen LogP contribution in [0.4, 0.5) is 17.6 Å². The molecule has 2 aliphatic rings. The Kier molecular flexibility index (Phi) is 8.29. The summed E-state index contributed by atoms with van der Waals surface area (Å²) < 4.78 is 57.6. The van der Waals surface area contributed by atoms with Crippen LogP contribution in [0.5, 0.6) is 0 Å². The fraction of sp³-hybridized carbons (Fsp3) is 0.459. The van der Waals surface area contributed by atoms with E-state index in [-0.39, 0.29) is 22.0 Å². The van der Waals surface area contributed by atoms with Crippen molar-refractivity contribution in [2.75, 3.05) is 0 Å². The van der Waals surface area contributed by atoms with Gasteiger partial charge in [0.15, 0.2) is 0 Å². The lowest BCUT2D eigenvalue weighted by Gasteiger charge is -2.29. The van der Waals surface area contributed by atoms with Crippen molar-refractivity contribution in [3.05, 3.63) is 94.8 Å². The molecular formula is C37H40F4N4. The molecule has 2 fully saturated rings. The van der Waals surface area contributed by atoms with Crippen molar-refractivity contribution in [3.8, 4) is 22.5 Å². The number of nitrogens with zero attached hydrogens (tertiary/aromatic N) is 4. The van der Waals surface area contributed by atoms with Crippen LogP contribution < -0.4 is 0 Å². The molecule has 8 heteroatoms. The minimum absolute atomic E-state index is 0.120. The highest BCUT2D eigenvalue weighted by Crippen LogP contribution is 2.43. The molecular weight excluding hydrogens is 576 g/mol. The summed E-state index contributed by atoms with van der Waals surface area (Å²) in [6.45, 7) is 8.59. The molecule has 0 spiro atoms. The standard InChI is InChI=1S/C37H40F4N4/c1-35(2,29-19-23(21-36(3)13-5-6-14-36)17-27(42-29)25-9-11-31(38)44-33(25)40)30-20-24(22-37(4)15-7-8-16-37)18-28(43-30)26-10-12-32(39)45-34(26)41/h9-12,17-20H,5-8,13-16,21-22H2,1-4H3. The van der Waals surface area contributed by atoms with E-state index in [9.17, 15) is 8.78 Å². The summed E-state index contributed by atoms with van der Waals surface area (Å²) in [6.07, 6.45) is 10.7. The van der Waals surface area contributed by atoms with Gasteiger partial charge in [0, 0.05) is 5.41 Å². The molecule has 0 amide bonds. The van der Waals surface area contributed by atoms with E-state index in [1.165, 1.54) is 37.8 Å². The highest BCUT2D eigenvalue weighted by molar-refractivity contribution is 5.62. The molecule has 0 bridgehead atoms. The molecule has 2 saturated carbocycles. The van der Waals surface area contributed by atoms with Crippen LogP contribution in [0.25, 0.3) is 22.5 Å². The third-order valence-corrected chi connectivity index (χ3v) is 10.1. The molecule has 6 rings (SSSR count). The number of aromatic nitrogens is 4. The number of hydrogen-bond donors (Lipinski definition) is 0. The Morgan fingerprint density at radius 3 is 1.31 bits per heavy atom. The first-order chi connectivity index (χ1) is 21.3. The molecule has 0 aromatic carbocycles. The van der Waals surface area contributed by atoms with Gasteiger partial charge in [-0.1, -0.05) is 39.5 Å². The smallest absolute Gasteiger partial charge is 0.224 e. The lowest BCUT2D eigenvalue weighted by molar-refractivity contribution is 0.334. The van der Waals surface area contributed by atoms with E-state index >= 15 is 8.78 Å². The molecule has 0 radical (unpaired) electrons. The molecule has 236 valence electrons. The van der Waals surface area contributed by atoms with Crippen molar-refractivity contribution in [1.29, 1.82) is 0 Å². The Balaban J connectivity index is 1.50. The summed E-state index contributed by atoms with van der Waals surface area (Å²) >= 11 is 0. The highest BCUT2D eigenvalue weighted by atomic mass is 19.1. The van der Waals surface area contributed by atoms with E-state index in [2.05, 4.69) is 35.9 Å². The van der Waals surface area contributed by atoms with Crippen LogP contribution in [0.1, 0.15) is 102 Å². The van der Waals surface area contributed by atoms with Gasteiger partial charge in [-0.05, 0) is 123 Å². The first-order valence-corrected chi connectivity index (χ1v) is 16.0.